The lowest BCUT2D eigenvalue weighted by Crippen LogP contribution is -2.47. The quantitative estimate of drug-likeness (QED) is 0.0205. The van der Waals surface area contributed by atoms with Gasteiger partial charge < -0.3 is 19.4 Å². The van der Waals surface area contributed by atoms with Gasteiger partial charge in [-0.25, -0.2) is 4.57 Å². The number of nitrogens with zero attached hydrogens (tertiary/aromatic N) is 1. The Morgan fingerprint density at radius 1 is 0.466 bits per heavy atom. The molecule has 0 aliphatic heterocycles. The predicted molar refractivity (Wildman–Crippen MR) is 314 cm³/mol. The molecule has 0 aliphatic carbocycles. The van der Waals surface area contributed by atoms with Crippen LogP contribution >= 0.6 is 7.82 Å². The fourth-order valence-corrected chi connectivity index (χ4v) is 10.2. The molecule has 73 heavy (non-hydrogen) atoms. The third-order valence-corrected chi connectivity index (χ3v) is 15.4. The van der Waals surface area contributed by atoms with Crippen molar-refractivity contribution in [1.29, 1.82) is 0 Å². The van der Waals surface area contributed by atoms with Crippen LogP contribution in [0.2, 0.25) is 0 Å². The SMILES string of the molecule is CCCCCCCC/C=C/CCCCCCCCCCCCCCCC(=O)NC(COP(=O)(O)OCC[N+](C)(C)C)C(/C=C/CCCCCCCCCCCCC)OC(=O)CCCCCCCCCCCCC. The van der Waals surface area contributed by atoms with Gasteiger partial charge >= 0.3 is 13.8 Å². The van der Waals surface area contributed by atoms with E-state index in [2.05, 4.69) is 38.2 Å². The summed E-state index contributed by atoms with van der Waals surface area (Å²) in [5.74, 6) is -0.490. The van der Waals surface area contributed by atoms with E-state index in [4.69, 9.17) is 13.8 Å². The Balaban J connectivity index is 5.10. The molecule has 0 aliphatic rings. The van der Waals surface area contributed by atoms with Crippen LogP contribution in [-0.4, -0.2) is 74.3 Å². The second-order valence-electron chi connectivity index (χ2n) is 22.9. The lowest BCUT2D eigenvalue weighted by atomic mass is 10.0. The maximum absolute atomic E-state index is 13.5. The van der Waals surface area contributed by atoms with E-state index < -0.39 is 20.0 Å². The van der Waals surface area contributed by atoms with Crippen molar-refractivity contribution >= 4 is 19.7 Å². The topological polar surface area (TPSA) is 111 Å². The first-order chi connectivity index (χ1) is 35.4. The van der Waals surface area contributed by atoms with Crippen LogP contribution < -0.4 is 5.32 Å². The normalized spacial score (nSPS) is 13.8. The summed E-state index contributed by atoms with van der Waals surface area (Å²) in [4.78, 5) is 37.6. The number of amides is 1. The molecule has 432 valence electrons. The second-order valence-corrected chi connectivity index (χ2v) is 24.4. The van der Waals surface area contributed by atoms with Gasteiger partial charge in [-0.1, -0.05) is 270 Å². The zero-order valence-electron chi connectivity index (χ0n) is 49.4. The maximum Gasteiger partial charge on any atom is 0.472 e. The second kappa shape index (κ2) is 53.9. The molecule has 1 amide bonds. The van der Waals surface area contributed by atoms with Crippen molar-refractivity contribution in [3.8, 4) is 0 Å². The summed E-state index contributed by atoms with van der Waals surface area (Å²) in [5.41, 5.74) is 0. The smallest absolute Gasteiger partial charge is 0.456 e. The molecule has 0 heterocycles. The number of likely N-dealkylation sites (N-methyl/N-ethyl adjacent to an activating group) is 1. The van der Waals surface area contributed by atoms with Crippen molar-refractivity contribution in [2.45, 2.75) is 328 Å². The Bertz CT molecular complexity index is 1300. The molecule has 0 spiro atoms. The standard InChI is InChI=1S/C63H123N2O7P/c1-7-10-13-16-19-22-25-27-28-29-30-31-32-33-34-35-36-38-41-43-46-49-52-55-62(66)64-60(59-71-73(68,69)70-58-57-65(4,5)6)61(54-51-48-45-42-40-37-26-23-20-17-14-11-8-2)72-63(67)56-53-50-47-44-39-24-21-18-15-12-9-3/h27-28,51,54,60-61H,7-26,29-50,52-53,55-59H2,1-6H3,(H-,64,66,68,69)/p+1/b28-27+,54-51+. The van der Waals surface area contributed by atoms with Crippen LogP contribution in [0.3, 0.4) is 0 Å². The van der Waals surface area contributed by atoms with Gasteiger partial charge in [-0.05, 0) is 57.4 Å². The predicted octanol–water partition coefficient (Wildman–Crippen LogP) is 19.3. The fraction of sp³-hybridized carbons (Fsp3) is 0.905. The van der Waals surface area contributed by atoms with E-state index in [0.29, 0.717) is 23.9 Å². The molecular formula is C63H124N2O7P+. The number of allylic oxidation sites excluding steroid dienone is 3. The van der Waals surface area contributed by atoms with Crippen LogP contribution in [0.15, 0.2) is 24.3 Å². The molecule has 0 saturated carbocycles. The van der Waals surface area contributed by atoms with Gasteiger partial charge in [0, 0.05) is 12.8 Å². The number of carbonyl (C=O) groups is 2. The maximum atomic E-state index is 13.5. The number of esters is 1. The number of unbranched alkanes of at least 4 members (excludes halogenated alkanes) is 40. The average Bonchev–Trinajstić information content (AvgIpc) is 3.35. The molecule has 2 N–H and O–H groups in total. The highest BCUT2D eigenvalue weighted by molar-refractivity contribution is 7.47. The van der Waals surface area contributed by atoms with Gasteiger partial charge in [-0.15, -0.1) is 0 Å². The monoisotopic (exact) mass is 1050 g/mol. The molecule has 10 heteroatoms. The van der Waals surface area contributed by atoms with E-state index in [-0.39, 0.29) is 25.1 Å². The van der Waals surface area contributed by atoms with E-state index >= 15 is 0 Å². The zero-order chi connectivity index (χ0) is 53.6. The molecule has 3 atom stereocenters. The van der Waals surface area contributed by atoms with Crippen molar-refractivity contribution < 1.29 is 37.3 Å². The Labute approximate surface area is 454 Å². The Hall–Kier alpha value is -1.51. The number of carbonyl (C=O) groups excluding carboxylic acids is 2. The Kier molecular flexibility index (Phi) is 52.8. The van der Waals surface area contributed by atoms with Crippen LogP contribution in [0, 0.1) is 0 Å². The number of phosphoric ester groups is 1. The highest BCUT2D eigenvalue weighted by Crippen LogP contribution is 2.43. The first-order valence-electron chi connectivity index (χ1n) is 31.7. The highest BCUT2D eigenvalue weighted by Gasteiger charge is 2.30. The van der Waals surface area contributed by atoms with E-state index in [9.17, 15) is 19.0 Å². The number of rotatable bonds is 58. The zero-order valence-corrected chi connectivity index (χ0v) is 50.3. The largest absolute Gasteiger partial charge is 0.472 e. The fourth-order valence-electron chi connectivity index (χ4n) is 9.47. The summed E-state index contributed by atoms with van der Waals surface area (Å²) in [6, 6.07) is -0.841. The third-order valence-electron chi connectivity index (χ3n) is 14.4. The van der Waals surface area contributed by atoms with Crippen LogP contribution in [0.25, 0.3) is 0 Å². The number of quaternary nitrogens is 1. The van der Waals surface area contributed by atoms with E-state index in [0.717, 1.165) is 57.8 Å². The summed E-state index contributed by atoms with van der Waals surface area (Å²) >= 11 is 0. The Morgan fingerprint density at radius 3 is 1.16 bits per heavy atom. The highest BCUT2D eigenvalue weighted by atomic mass is 31.2. The van der Waals surface area contributed by atoms with Crippen LogP contribution in [-0.2, 0) is 27.9 Å². The van der Waals surface area contributed by atoms with Crippen LogP contribution in [0.1, 0.15) is 316 Å². The third kappa shape index (κ3) is 55.1. The van der Waals surface area contributed by atoms with E-state index in [1.54, 1.807) is 0 Å². The van der Waals surface area contributed by atoms with Gasteiger partial charge in [-0.3, -0.25) is 18.6 Å². The van der Waals surface area contributed by atoms with Crippen LogP contribution in [0.4, 0.5) is 0 Å². The van der Waals surface area contributed by atoms with Gasteiger partial charge in [0.25, 0.3) is 0 Å². The molecule has 0 aromatic rings. The van der Waals surface area contributed by atoms with Crippen molar-refractivity contribution in [2.24, 2.45) is 0 Å². The number of hydrogen-bond donors (Lipinski definition) is 2. The Morgan fingerprint density at radius 2 is 0.795 bits per heavy atom. The minimum atomic E-state index is -4.44. The molecule has 9 nitrogen and oxygen atoms in total. The van der Waals surface area contributed by atoms with Crippen molar-refractivity contribution in [3.05, 3.63) is 24.3 Å². The summed E-state index contributed by atoms with van der Waals surface area (Å²) in [6.07, 6.45) is 63.2. The van der Waals surface area contributed by atoms with Crippen molar-refractivity contribution in [2.75, 3.05) is 40.9 Å². The molecule has 0 aromatic heterocycles. The molecule has 0 saturated heterocycles. The summed E-state index contributed by atoms with van der Waals surface area (Å²) < 4.78 is 30.7. The molecule has 0 bridgehead atoms. The number of hydrogen-bond acceptors (Lipinski definition) is 6. The molecule has 0 fully saturated rings. The number of phosphoric acid groups is 1. The number of ether oxygens (including phenoxy) is 1. The molecular weight excluding hydrogens is 928 g/mol. The van der Waals surface area contributed by atoms with Crippen molar-refractivity contribution in [1.82, 2.24) is 5.32 Å². The molecule has 0 rings (SSSR count). The van der Waals surface area contributed by atoms with Gasteiger partial charge in [0.15, 0.2) is 0 Å². The molecule has 0 radical (unpaired) electrons. The van der Waals surface area contributed by atoms with Gasteiger partial charge in [0.05, 0.1) is 33.8 Å². The summed E-state index contributed by atoms with van der Waals surface area (Å²) in [7, 11) is 1.51. The first kappa shape index (κ1) is 71.5. The molecule has 3 unspecified atom stereocenters. The summed E-state index contributed by atoms with van der Waals surface area (Å²) in [6.45, 7) is 7.04. The minimum absolute atomic E-state index is 0.0440. The average molecular weight is 1050 g/mol. The van der Waals surface area contributed by atoms with E-state index in [1.165, 1.54) is 225 Å². The van der Waals surface area contributed by atoms with Gasteiger partial charge in [-0.2, -0.15) is 0 Å². The first-order valence-corrected chi connectivity index (χ1v) is 33.2. The molecule has 0 aromatic carbocycles. The lowest BCUT2D eigenvalue weighted by molar-refractivity contribution is -0.870. The van der Waals surface area contributed by atoms with Gasteiger partial charge in [0.1, 0.15) is 19.3 Å². The van der Waals surface area contributed by atoms with Crippen molar-refractivity contribution in [3.63, 3.8) is 0 Å². The lowest BCUT2D eigenvalue weighted by Gasteiger charge is -2.27. The van der Waals surface area contributed by atoms with Gasteiger partial charge in [0.2, 0.25) is 5.91 Å². The number of nitrogens with one attached hydrogen (secondary N) is 1. The summed E-state index contributed by atoms with van der Waals surface area (Å²) in [5, 5.41) is 3.06. The van der Waals surface area contributed by atoms with E-state index in [1.807, 2.05) is 33.3 Å². The van der Waals surface area contributed by atoms with Crippen LogP contribution in [0.5, 0.6) is 0 Å². The minimum Gasteiger partial charge on any atom is -0.456 e.